The van der Waals surface area contributed by atoms with Gasteiger partial charge in [-0.3, -0.25) is 0 Å². The number of nitrogens with two attached hydrogens (primary N) is 1. The van der Waals surface area contributed by atoms with Gasteiger partial charge in [0.05, 0.1) is 24.1 Å². The molecule has 3 N–H and O–H groups in total. The van der Waals surface area contributed by atoms with Gasteiger partial charge in [0.25, 0.3) is 0 Å². The van der Waals surface area contributed by atoms with Crippen molar-refractivity contribution < 1.29 is 5.11 Å². The molecule has 0 unspecified atom stereocenters. The number of imidazole rings is 1. The maximum Gasteiger partial charge on any atom is 0.152 e. The van der Waals surface area contributed by atoms with Crippen molar-refractivity contribution in [3.63, 3.8) is 0 Å². The molecule has 3 aromatic rings. The summed E-state index contributed by atoms with van der Waals surface area (Å²) in [5.41, 5.74) is 4.76. The Morgan fingerprint density at radius 1 is 1.19 bits per heavy atom. The van der Waals surface area contributed by atoms with Crippen LogP contribution >= 0.6 is 11.6 Å². The summed E-state index contributed by atoms with van der Waals surface area (Å²) in [4.78, 5) is 15.2. The minimum atomic E-state index is -0.150. The van der Waals surface area contributed by atoms with Gasteiger partial charge in [-0.05, 0) is 28.7 Å². The van der Waals surface area contributed by atoms with E-state index < -0.39 is 0 Å². The molecular weight excluding hydrogens is 428 g/mol. The van der Waals surface area contributed by atoms with Crippen LogP contribution in [0.25, 0.3) is 11.1 Å². The fourth-order valence-electron chi connectivity index (χ4n) is 3.60. The third kappa shape index (κ3) is 5.52. The Morgan fingerprint density at radius 2 is 1.91 bits per heavy atom. The molecule has 0 spiro atoms. The van der Waals surface area contributed by atoms with E-state index in [-0.39, 0.29) is 6.61 Å². The van der Waals surface area contributed by atoms with Gasteiger partial charge in [0.15, 0.2) is 5.15 Å². The van der Waals surface area contributed by atoms with Gasteiger partial charge in [-0.2, -0.15) is 5.12 Å². The lowest BCUT2D eigenvalue weighted by Crippen LogP contribution is -2.41. The van der Waals surface area contributed by atoms with Gasteiger partial charge in [0, 0.05) is 20.0 Å². The Balaban J connectivity index is 1.84. The Hall–Kier alpha value is -2.78. The standard InChI is InChI=1S/C23H29ClN6O2/c1-3-4-9-22-26-23(24)21(16-31)29(22)14-17-10-12-18(13-11-17)20-8-6-5-7-19(20)15-30(25)28(2)27-32/h5-8,10-13,31H,3-4,9,14-16,25H2,1-2H3. The van der Waals surface area contributed by atoms with Crippen LogP contribution in [0.2, 0.25) is 5.15 Å². The van der Waals surface area contributed by atoms with Crippen LogP contribution in [0, 0.1) is 4.91 Å². The number of rotatable bonds is 11. The number of halogens is 1. The van der Waals surface area contributed by atoms with E-state index in [1.165, 1.54) is 12.2 Å². The summed E-state index contributed by atoms with van der Waals surface area (Å²) in [6.07, 6.45) is 2.90. The van der Waals surface area contributed by atoms with Gasteiger partial charge < -0.3 is 9.67 Å². The van der Waals surface area contributed by atoms with Crippen molar-refractivity contribution in [2.75, 3.05) is 7.05 Å². The van der Waals surface area contributed by atoms with Crippen LogP contribution in [0.15, 0.2) is 53.8 Å². The zero-order valence-corrected chi connectivity index (χ0v) is 19.2. The molecular formula is C23H29ClN6O2. The molecule has 0 aliphatic rings. The van der Waals surface area contributed by atoms with Crippen LogP contribution in [-0.2, 0) is 26.1 Å². The van der Waals surface area contributed by atoms with Gasteiger partial charge in [-0.15, -0.1) is 10.0 Å². The number of aromatic nitrogens is 2. The van der Waals surface area contributed by atoms with E-state index >= 15 is 0 Å². The molecule has 9 heteroatoms. The first-order valence-electron chi connectivity index (χ1n) is 10.6. The summed E-state index contributed by atoms with van der Waals surface area (Å²) < 4.78 is 2.01. The summed E-state index contributed by atoms with van der Waals surface area (Å²) in [6.45, 7) is 2.91. The summed E-state index contributed by atoms with van der Waals surface area (Å²) in [5.74, 6) is 6.82. The van der Waals surface area contributed by atoms with E-state index in [1.54, 1.807) is 0 Å². The molecule has 0 aliphatic carbocycles. The average molecular weight is 457 g/mol. The SMILES string of the molecule is CCCCc1nc(Cl)c(CO)n1Cc1ccc(-c2ccccc2CN(N)N(C)N=O)cc1. The number of aryl methyl sites for hydroxylation is 1. The number of nitrogens with zero attached hydrogens (tertiary/aromatic N) is 5. The van der Waals surface area contributed by atoms with Crippen LogP contribution in [0.4, 0.5) is 0 Å². The van der Waals surface area contributed by atoms with E-state index in [9.17, 15) is 10.0 Å². The lowest BCUT2D eigenvalue weighted by atomic mass is 9.98. The lowest BCUT2D eigenvalue weighted by molar-refractivity contribution is -0.00995. The molecule has 32 heavy (non-hydrogen) atoms. The van der Waals surface area contributed by atoms with Crippen molar-refractivity contribution in [2.45, 2.75) is 45.9 Å². The molecule has 0 atom stereocenters. The number of hydrogen-bond acceptors (Lipinski definition) is 6. The van der Waals surface area contributed by atoms with Gasteiger partial charge in [-0.25, -0.2) is 10.8 Å². The van der Waals surface area contributed by atoms with Crippen LogP contribution in [0.5, 0.6) is 0 Å². The second-order valence-electron chi connectivity index (χ2n) is 7.64. The molecule has 3 rings (SSSR count). The Morgan fingerprint density at radius 3 is 2.56 bits per heavy atom. The van der Waals surface area contributed by atoms with Gasteiger partial charge in [0.1, 0.15) is 5.82 Å². The summed E-state index contributed by atoms with van der Waals surface area (Å²) in [6, 6.07) is 16.1. The van der Waals surface area contributed by atoms with Crippen LogP contribution in [0.1, 0.15) is 42.4 Å². The number of hydrogen-bond donors (Lipinski definition) is 2. The lowest BCUT2D eigenvalue weighted by Gasteiger charge is -2.22. The summed E-state index contributed by atoms with van der Waals surface area (Å²) in [7, 11) is 1.50. The van der Waals surface area contributed by atoms with Crippen molar-refractivity contribution in [1.82, 2.24) is 19.8 Å². The molecule has 0 fully saturated rings. The van der Waals surface area contributed by atoms with Crippen molar-refractivity contribution in [3.05, 3.63) is 81.2 Å². The summed E-state index contributed by atoms with van der Waals surface area (Å²) in [5, 5.41) is 15.3. The first-order valence-corrected chi connectivity index (χ1v) is 11.0. The number of aliphatic hydroxyl groups is 1. The highest BCUT2D eigenvalue weighted by Gasteiger charge is 2.16. The number of unbranched alkanes of at least 4 members (excludes halogenated alkanes) is 1. The monoisotopic (exact) mass is 456 g/mol. The molecule has 0 saturated carbocycles. The van der Waals surface area contributed by atoms with Crippen LogP contribution in [0.3, 0.4) is 0 Å². The highest BCUT2D eigenvalue weighted by Crippen LogP contribution is 2.26. The van der Waals surface area contributed by atoms with E-state index in [0.717, 1.165) is 52.5 Å². The average Bonchev–Trinajstić information content (AvgIpc) is 3.11. The zero-order chi connectivity index (χ0) is 23.1. The first-order chi connectivity index (χ1) is 15.5. The number of aliphatic hydroxyl groups excluding tert-OH is 1. The minimum absolute atomic E-state index is 0.150. The Kier molecular flexibility index (Phi) is 8.35. The largest absolute Gasteiger partial charge is 0.390 e. The van der Waals surface area contributed by atoms with Crippen molar-refractivity contribution in [2.24, 2.45) is 11.1 Å². The smallest absolute Gasteiger partial charge is 0.152 e. The fourth-order valence-corrected chi connectivity index (χ4v) is 3.86. The second kappa shape index (κ2) is 11.2. The number of hydrazine groups is 2. The maximum atomic E-state index is 10.7. The molecule has 170 valence electrons. The van der Waals surface area contributed by atoms with E-state index in [2.05, 4.69) is 41.5 Å². The zero-order valence-electron chi connectivity index (χ0n) is 18.4. The first kappa shape index (κ1) is 23.9. The molecule has 0 saturated heterocycles. The van der Waals surface area contributed by atoms with Gasteiger partial charge in [0.2, 0.25) is 0 Å². The molecule has 8 nitrogen and oxygen atoms in total. The molecule has 0 bridgehead atoms. The second-order valence-corrected chi connectivity index (χ2v) is 7.99. The third-order valence-electron chi connectivity index (χ3n) is 5.45. The molecule has 0 amide bonds. The highest BCUT2D eigenvalue weighted by atomic mass is 35.5. The number of nitroso groups, excluding NO2 is 1. The van der Waals surface area contributed by atoms with Crippen molar-refractivity contribution >= 4 is 11.6 Å². The Labute approximate surface area is 193 Å². The Bertz CT molecular complexity index is 1040. The topological polar surface area (TPSA) is 100.0 Å². The molecule has 0 aliphatic heterocycles. The van der Waals surface area contributed by atoms with Crippen LogP contribution in [-0.4, -0.2) is 31.9 Å². The molecule has 2 aromatic carbocycles. The van der Waals surface area contributed by atoms with E-state index in [4.69, 9.17) is 17.4 Å². The molecule has 0 radical (unpaired) electrons. The van der Waals surface area contributed by atoms with Crippen molar-refractivity contribution in [1.29, 1.82) is 0 Å². The third-order valence-corrected chi connectivity index (χ3v) is 5.75. The van der Waals surface area contributed by atoms with Crippen molar-refractivity contribution in [3.8, 4) is 11.1 Å². The highest BCUT2D eigenvalue weighted by molar-refractivity contribution is 6.30. The minimum Gasteiger partial charge on any atom is -0.390 e. The van der Waals surface area contributed by atoms with Crippen LogP contribution < -0.4 is 5.84 Å². The predicted molar refractivity (Wildman–Crippen MR) is 126 cm³/mol. The van der Waals surface area contributed by atoms with E-state index in [1.807, 2.05) is 28.8 Å². The normalized spacial score (nSPS) is 11.2. The summed E-state index contributed by atoms with van der Waals surface area (Å²) >= 11 is 6.26. The fraction of sp³-hybridized carbons (Fsp3) is 0.348. The molecule has 1 heterocycles. The van der Waals surface area contributed by atoms with Gasteiger partial charge in [-0.1, -0.05) is 73.5 Å². The van der Waals surface area contributed by atoms with Gasteiger partial charge >= 0.3 is 0 Å². The van der Waals surface area contributed by atoms with E-state index in [0.29, 0.717) is 23.9 Å². The molecule has 1 aromatic heterocycles. The quantitative estimate of drug-likeness (QED) is 0.253. The predicted octanol–water partition coefficient (Wildman–Crippen LogP) is 4.29. The maximum absolute atomic E-state index is 10.7. The number of benzene rings is 2.